The highest BCUT2D eigenvalue weighted by atomic mass is 14.6. The highest BCUT2D eigenvalue weighted by Gasteiger charge is 2.06. The Bertz CT molecular complexity index is 460. The van der Waals surface area contributed by atoms with Crippen molar-refractivity contribution in [3.63, 3.8) is 0 Å². The van der Waals surface area contributed by atoms with Crippen LogP contribution in [-0.2, 0) is 12.8 Å². The van der Waals surface area contributed by atoms with Crippen molar-refractivity contribution in [2.75, 3.05) is 0 Å². The molecule has 0 fully saturated rings. The minimum absolute atomic E-state index is 0.257. The first-order chi connectivity index (χ1) is 10.7. The molecule has 2 nitrogen and oxygen atoms in total. The van der Waals surface area contributed by atoms with E-state index < -0.39 is 0 Å². The lowest BCUT2D eigenvalue weighted by Crippen LogP contribution is -2.24. The van der Waals surface area contributed by atoms with E-state index in [9.17, 15) is 0 Å². The van der Waals surface area contributed by atoms with Gasteiger partial charge in [-0.15, -0.1) is 0 Å². The molecule has 118 valence electrons. The van der Waals surface area contributed by atoms with Crippen LogP contribution >= 0.6 is 0 Å². The maximum absolute atomic E-state index is 6.21. The summed E-state index contributed by atoms with van der Waals surface area (Å²) in [5.74, 6) is 0. The van der Waals surface area contributed by atoms with Gasteiger partial charge in [0.25, 0.3) is 0 Å². The van der Waals surface area contributed by atoms with Crippen molar-refractivity contribution in [1.29, 1.82) is 0 Å². The Balaban J connectivity index is 1.58. The minimum atomic E-state index is 0.257. The minimum Gasteiger partial charge on any atom is -0.327 e. The van der Waals surface area contributed by atoms with Crippen LogP contribution in [0.3, 0.4) is 0 Å². The average Bonchev–Trinajstić information content (AvgIpc) is 2.53. The van der Waals surface area contributed by atoms with Crippen LogP contribution in [0.4, 0.5) is 0 Å². The molecule has 2 heteroatoms. The number of rotatable bonds is 9. The fraction of sp³-hybridized carbons (Fsp3) is 0.400. The van der Waals surface area contributed by atoms with Crippen LogP contribution in [0.1, 0.15) is 36.8 Å². The van der Waals surface area contributed by atoms with Crippen molar-refractivity contribution in [2.24, 2.45) is 11.5 Å². The molecule has 0 aliphatic rings. The molecule has 0 heterocycles. The SMILES string of the molecule is N[C@@H](CCCC[C@H](N)Cc1ccccc1)Cc1ccccc1. The van der Waals surface area contributed by atoms with Gasteiger partial charge in [-0.25, -0.2) is 0 Å². The van der Waals surface area contributed by atoms with E-state index in [-0.39, 0.29) is 12.1 Å². The normalized spacial score (nSPS) is 13.7. The van der Waals surface area contributed by atoms with Gasteiger partial charge < -0.3 is 11.5 Å². The van der Waals surface area contributed by atoms with Gasteiger partial charge in [-0.3, -0.25) is 0 Å². The monoisotopic (exact) mass is 296 g/mol. The van der Waals surface area contributed by atoms with Crippen LogP contribution in [0.2, 0.25) is 0 Å². The zero-order valence-electron chi connectivity index (χ0n) is 13.3. The first-order valence-electron chi connectivity index (χ1n) is 8.33. The molecule has 2 rings (SSSR count). The van der Waals surface area contributed by atoms with Crippen LogP contribution in [0.25, 0.3) is 0 Å². The molecule has 0 spiro atoms. The van der Waals surface area contributed by atoms with Crippen LogP contribution in [0.5, 0.6) is 0 Å². The number of nitrogens with two attached hydrogens (primary N) is 2. The summed E-state index contributed by atoms with van der Waals surface area (Å²) in [6.07, 6.45) is 6.42. The Morgan fingerprint density at radius 3 is 1.32 bits per heavy atom. The van der Waals surface area contributed by atoms with Crippen LogP contribution < -0.4 is 11.5 Å². The molecule has 2 atom stereocenters. The highest BCUT2D eigenvalue weighted by molar-refractivity contribution is 5.16. The molecule has 4 N–H and O–H groups in total. The molecule has 22 heavy (non-hydrogen) atoms. The molecule has 0 aliphatic heterocycles. The van der Waals surface area contributed by atoms with Crippen LogP contribution in [0, 0.1) is 0 Å². The second-order valence-corrected chi connectivity index (χ2v) is 6.18. The van der Waals surface area contributed by atoms with Gasteiger partial charge in [-0.05, 0) is 36.8 Å². The van der Waals surface area contributed by atoms with Crippen molar-refractivity contribution in [3.8, 4) is 0 Å². The molecular formula is C20H28N2. The third-order valence-electron chi connectivity index (χ3n) is 4.08. The third-order valence-corrected chi connectivity index (χ3v) is 4.08. The van der Waals surface area contributed by atoms with E-state index in [0.29, 0.717) is 0 Å². The van der Waals surface area contributed by atoms with Crippen molar-refractivity contribution in [1.82, 2.24) is 0 Å². The topological polar surface area (TPSA) is 52.0 Å². The molecule has 0 saturated heterocycles. The Morgan fingerprint density at radius 2 is 0.955 bits per heavy atom. The summed E-state index contributed by atoms with van der Waals surface area (Å²) in [4.78, 5) is 0. The Kier molecular flexibility index (Phi) is 7.14. The summed E-state index contributed by atoms with van der Waals surface area (Å²) in [6.45, 7) is 0. The second-order valence-electron chi connectivity index (χ2n) is 6.18. The largest absolute Gasteiger partial charge is 0.327 e. The van der Waals surface area contributed by atoms with E-state index >= 15 is 0 Å². The summed E-state index contributed by atoms with van der Waals surface area (Å²) in [5, 5.41) is 0. The van der Waals surface area contributed by atoms with E-state index in [1.165, 1.54) is 11.1 Å². The maximum Gasteiger partial charge on any atom is 0.00793 e. The fourth-order valence-corrected chi connectivity index (χ4v) is 2.85. The molecule has 0 aromatic heterocycles. The van der Waals surface area contributed by atoms with Crippen molar-refractivity contribution in [2.45, 2.75) is 50.6 Å². The standard InChI is InChI=1S/C20H28N2/c21-19(15-17-9-3-1-4-10-17)13-7-8-14-20(22)16-18-11-5-2-6-12-18/h1-6,9-12,19-20H,7-8,13-16,21-22H2/t19-,20-/m0/s1. The van der Waals surface area contributed by atoms with Gasteiger partial charge in [0.1, 0.15) is 0 Å². The van der Waals surface area contributed by atoms with Gasteiger partial charge >= 0.3 is 0 Å². The summed E-state index contributed by atoms with van der Waals surface area (Å²) < 4.78 is 0. The summed E-state index contributed by atoms with van der Waals surface area (Å²) in [7, 11) is 0. The smallest absolute Gasteiger partial charge is 0.00793 e. The van der Waals surface area contributed by atoms with Gasteiger partial charge in [0.15, 0.2) is 0 Å². The Morgan fingerprint density at radius 1 is 0.591 bits per heavy atom. The summed E-state index contributed by atoms with van der Waals surface area (Å²) >= 11 is 0. The maximum atomic E-state index is 6.21. The molecule has 0 unspecified atom stereocenters. The Hall–Kier alpha value is -1.64. The van der Waals surface area contributed by atoms with E-state index in [0.717, 1.165) is 38.5 Å². The summed E-state index contributed by atoms with van der Waals surface area (Å²) in [6, 6.07) is 21.5. The highest BCUT2D eigenvalue weighted by Crippen LogP contribution is 2.11. The molecule has 2 aromatic carbocycles. The Labute approximate surface area is 134 Å². The van der Waals surface area contributed by atoms with E-state index in [2.05, 4.69) is 48.5 Å². The van der Waals surface area contributed by atoms with Gasteiger partial charge in [0.2, 0.25) is 0 Å². The van der Waals surface area contributed by atoms with Crippen LogP contribution in [-0.4, -0.2) is 12.1 Å². The average molecular weight is 296 g/mol. The molecule has 0 amide bonds. The van der Waals surface area contributed by atoms with Gasteiger partial charge in [0, 0.05) is 12.1 Å². The van der Waals surface area contributed by atoms with E-state index in [1.807, 2.05) is 12.1 Å². The molecule has 0 radical (unpaired) electrons. The first-order valence-corrected chi connectivity index (χ1v) is 8.33. The fourth-order valence-electron chi connectivity index (χ4n) is 2.85. The van der Waals surface area contributed by atoms with Crippen LogP contribution in [0.15, 0.2) is 60.7 Å². The lowest BCUT2D eigenvalue weighted by molar-refractivity contribution is 0.511. The van der Waals surface area contributed by atoms with Gasteiger partial charge in [-0.1, -0.05) is 73.5 Å². The van der Waals surface area contributed by atoms with Crippen molar-refractivity contribution >= 4 is 0 Å². The van der Waals surface area contributed by atoms with Gasteiger partial charge in [0.05, 0.1) is 0 Å². The lowest BCUT2D eigenvalue weighted by Gasteiger charge is -2.14. The predicted molar refractivity (Wildman–Crippen MR) is 94.7 cm³/mol. The quantitative estimate of drug-likeness (QED) is 0.693. The summed E-state index contributed by atoms with van der Waals surface area (Å²) in [5.41, 5.74) is 15.1. The molecule has 0 saturated carbocycles. The van der Waals surface area contributed by atoms with Gasteiger partial charge in [-0.2, -0.15) is 0 Å². The molecule has 2 aromatic rings. The lowest BCUT2D eigenvalue weighted by atomic mass is 9.98. The number of hydrogen-bond donors (Lipinski definition) is 2. The zero-order chi connectivity index (χ0) is 15.6. The zero-order valence-corrected chi connectivity index (χ0v) is 13.3. The number of benzene rings is 2. The van der Waals surface area contributed by atoms with E-state index in [4.69, 9.17) is 11.5 Å². The van der Waals surface area contributed by atoms with E-state index in [1.54, 1.807) is 0 Å². The number of hydrogen-bond acceptors (Lipinski definition) is 2. The first kappa shape index (κ1) is 16.7. The number of unbranched alkanes of at least 4 members (excludes halogenated alkanes) is 1. The van der Waals surface area contributed by atoms with Crippen molar-refractivity contribution in [3.05, 3.63) is 71.8 Å². The molecular weight excluding hydrogens is 268 g/mol. The van der Waals surface area contributed by atoms with Crippen molar-refractivity contribution < 1.29 is 0 Å². The third kappa shape index (κ3) is 6.42. The predicted octanol–water partition coefficient (Wildman–Crippen LogP) is 3.69. The second kappa shape index (κ2) is 9.39. The molecule has 0 aliphatic carbocycles. The molecule has 0 bridgehead atoms.